The normalized spacial score (nSPS) is 25.5. The van der Waals surface area contributed by atoms with Crippen LogP contribution in [0.2, 0.25) is 0 Å². The molecular formula is C30H37N7O3. The number of nitrogens with one attached hydrogen (secondary N) is 2. The van der Waals surface area contributed by atoms with Crippen molar-refractivity contribution in [2.45, 2.75) is 64.6 Å². The zero-order chi connectivity index (χ0) is 27.9. The maximum Gasteiger partial charge on any atom is 0.251 e. The summed E-state index contributed by atoms with van der Waals surface area (Å²) in [5, 5.41) is 5.24. The number of amidine groups is 2. The molecule has 6 rings (SSSR count). The van der Waals surface area contributed by atoms with Crippen molar-refractivity contribution in [2.75, 3.05) is 26.2 Å². The van der Waals surface area contributed by atoms with Gasteiger partial charge >= 0.3 is 0 Å². The van der Waals surface area contributed by atoms with E-state index in [1.54, 1.807) is 0 Å². The van der Waals surface area contributed by atoms with E-state index in [9.17, 15) is 4.79 Å². The summed E-state index contributed by atoms with van der Waals surface area (Å²) in [6.45, 7) is 11.3. The number of hydrogen-bond donors (Lipinski definition) is 2. The van der Waals surface area contributed by atoms with Crippen LogP contribution in [0.3, 0.4) is 0 Å². The Bertz CT molecular complexity index is 1340. The number of aliphatic imine (C=N–C) groups is 3. The fourth-order valence-corrected chi connectivity index (χ4v) is 5.28. The summed E-state index contributed by atoms with van der Waals surface area (Å²) in [4.78, 5) is 29.6. The molecule has 4 aliphatic rings. The number of amides is 1. The molecule has 4 aliphatic heterocycles. The second-order valence-electron chi connectivity index (χ2n) is 11.7. The van der Waals surface area contributed by atoms with E-state index >= 15 is 0 Å². The van der Waals surface area contributed by atoms with E-state index in [1.165, 1.54) is 5.56 Å². The van der Waals surface area contributed by atoms with Gasteiger partial charge in [-0.15, -0.1) is 0 Å². The molecule has 10 nitrogen and oxygen atoms in total. The van der Waals surface area contributed by atoms with Crippen molar-refractivity contribution < 1.29 is 14.3 Å². The average Bonchev–Trinajstić information content (AvgIpc) is 3.41. The first kappa shape index (κ1) is 26.5. The Morgan fingerprint density at radius 3 is 2.52 bits per heavy atom. The quantitative estimate of drug-likeness (QED) is 0.607. The standard InChI is InChI=1S/C30H37N7O3/c1-19-39-28(40-19)21-9-13-23(14-10-21)32-25-26-31-15-17-37(26)35-29(34-25)36-16-5-6-24(18-36)33-27(38)20-7-11-22(12-8-20)30(2,3)4/h7-14,19,24,28H,5-6,15-18H2,1-4H3,(H,33,38)(H,32,34,35)/t19?,24-,28?/m1/s1. The number of benzene rings is 2. The van der Waals surface area contributed by atoms with E-state index in [-0.39, 0.29) is 29.9 Å². The van der Waals surface area contributed by atoms with E-state index in [0.29, 0.717) is 24.5 Å². The summed E-state index contributed by atoms with van der Waals surface area (Å²) in [7, 11) is 0. The maximum absolute atomic E-state index is 13.0. The van der Waals surface area contributed by atoms with E-state index in [0.717, 1.165) is 49.0 Å². The van der Waals surface area contributed by atoms with Crippen molar-refractivity contribution in [3.05, 3.63) is 65.2 Å². The molecular weight excluding hydrogens is 506 g/mol. The van der Waals surface area contributed by atoms with Crippen LogP contribution in [0.4, 0.5) is 5.69 Å². The monoisotopic (exact) mass is 543 g/mol. The van der Waals surface area contributed by atoms with Gasteiger partial charge in [0.15, 0.2) is 18.4 Å². The Balaban J connectivity index is 1.15. The molecule has 2 N–H and O–H groups in total. The SMILES string of the molecule is CC1OC(c2ccc(N=C3N=C(N4CCC[C@@H](NC(=O)c5ccc(C(C)(C)C)cc5)C4)NN4CCN=C34)cc2)O1. The first-order valence-electron chi connectivity index (χ1n) is 14.1. The van der Waals surface area contributed by atoms with Crippen LogP contribution in [0, 0.1) is 0 Å². The summed E-state index contributed by atoms with van der Waals surface area (Å²) in [6.07, 6.45) is 1.40. The zero-order valence-corrected chi connectivity index (χ0v) is 23.6. The first-order chi connectivity index (χ1) is 19.2. The van der Waals surface area contributed by atoms with Crippen molar-refractivity contribution in [2.24, 2.45) is 15.0 Å². The Morgan fingerprint density at radius 1 is 1.07 bits per heavy atom. The lowest BCUT2D eigenvalue weighted by molar-refractivity contribution is -0.382. The molecule has 40 heavy (non-hydrogen) atoms. The van der Waals surface area contributed by atoms with E-state index in [4.69, 9.17) is 19.5 Å². The summed E-state index contributed by atoms with van der Waals surface area (Å²) < 4.78 is 11.2. The molecule has 0 aliphatic carbocycles. The molecule has 0 unspecified atom stereocenters. The summed E-state index contributed by atoms with van der Waals surface area (Å²) in [6, 6.07) is 15.7. The van der Waals surface area contributed by atoms with Gasteiger partial charge in [-0.1, -0.05) is 45.0 Å². The second-order valence-corrected chi connectivity index (χ2v) is 11.7. The summed E-state index contributed by atoms with van der Waals surface area (Å²) >= 11 is 0. The number of hydrogen-bond acceptors (Lipinski definition) is 8. The zero-order valence-electron chi connectivity index (χ0n) is 23.6. The highest BCUT2D eigenvalue weighted by molar-refractivity contribution is 6.44. The van der Waals surface area contributed by atoms with Crippen molar-refractivity contribution in [3.8, 4) is 0 Å². The van der Waals surface area contributed by atoms with Crippen LogP contribution in [0.15, 0.2) is 63.5 Å². The number of carbonyl (C=O) groups excluding carboxylic acids is 1. The third kappa shape index (κ3) is 5.59. The molecule has 1 atom stereocenters. The summed E-state index contributed by atoms with van der Waals surface area (Å²) in [5.41, 5.74) is 7.11. The molecule has 0 bridgehead atoms. The van der Waals surface area contributed by atoms with Gasteiger partial charge in [0.2, 0.25) is 11.8 Å². The third-order valence-corrected chi connectivity index (χ3v) is 7.59. The van der Waals surface area contributed by atoms with Gasteiger partial charge in [-0.05, 0) is 55.0 Å². The number of piperidine rings is 1. The molecule has 2 saturated heterocycles. The van der Waals surface area contributed by atoms with E-state index < -0.39 is 0 Å². The number of nitrogens with zero attached hydrogens (tertiary/aromatic N) is 5. The first-order valence-corrected chi connectivity index (χ1v) is 14.1. The fourth-order valence-electron chi connectivity index (χ4n) is 5.28. The van der Waals surface area contributed by atoms with Crippen molar-refractivity contribution >= 4 is 29.2 Å². The van der Waals surface area contributed by atoms with Crippen LogP contribution in [0.1, 0.15) is 68.3 Å². The Morgan fingerprint density at radius 2 is 1.82 bits per heavy atom. The lowest BCUT2D eigenvalue weighted by Gasteiger charge is -2.38. The van der Waals surface area contributed by atoms with Crippen LogP contribution in [-0.2, 0) is 14.9 Å². The number of guanidine groups is 1. The van der Waals surface area contributed by atoms with Gasteiger partial charge < -0.3 is 19.7 Å². The van der Waals surface area contributed by atoms with Gasteiger partial charge in [0.25, 0.3) is 5.91 Å². The van der Waals surface area contributed by atoms with Crippen LogP contribution >= 0.6 is 0 Å². The number of likely N-dealkylation sites (tertiary alicyclic amines) is 1. The fraction of sp³-hybridized carbons (Fsp3) is 0.467. The molecule has 210 valence electrons. The largest absolute Gasteiger partial charge is 0.348 e. The number of ether oxygens (including phenoxy) is 2. The van der Waals surface area contributed by atoms with Gasteiger partial charge in [0.1, 0.15) is 0 Å². The lowest BCUT2D eigenvalue weighted by Crippen LogP contribution is -2.60. The molecule has 2 fully saturated rings. The smallest absolute Gasteiger partial charge is 0.251 e. The van der Waals surface area contributed by atoms with Crippen LogP contribution < -0.4 is 10.7 Å². The van der Waals surface area contributed by atoms with Gasteiger partial charge in [-0.25, -0.2) is 4.99 Å². The minimum atomic E-state index is -0.315. The number of rotatable bonds is 4. The molecule has 0 aromatic heterocycles. The highest BCUT2D eigenvalue weighted by Gasteiger charge is 2.33. The second kappa shape index (κ2) is 10.7. The molecule has 0 radical (unpaired) electrons. The summed E-state index contributed by atoms with van der Waals surface area (Å²) in [5.74, 6) is 2.01. The topological polar surface area (TPSA) is 103 Å². The van der Waals surface area contributed by atoms with Crippen molar-refractivity contribution in [1.82, 2.24) is 20.7 Å². The third-order valence-electron chi connectivity index (χ3n) is 7.59. The molecule has 1 amide bonds. The Kier molecular flexibility index (Phi) is 7.06. The maximum atomic E-state index is 13.0. The highest BCUT2D eigenvalue weighted by atomic mass is 16.9. The van der Waals surface area contributed by atoms with Gasteiger partial charge in [-0.2, -0.15) is 4.99 Å². The van der Waals surface area contributed by atoms with Crippen molar-refractivity contribution in [1.29, 1.82) is 0 Å². The van der Waals surface area contributed by atoms with Gasteiger partial charge in [-0.3, -0.25) is 20.2 Å². The van der Waals surface area contributed by atoms with Crippen LogP contribution in [-0.4, -0.2) is 72.0 Å². The molecule has 2 aromatic rings. The number of carbonyl (C=O) groups is 1. The molecule has 10 heteroatoms. The van der Waals surface area contributed by atoms with E-state index in [2.05, 4.69) is 41.4 Å². The van der Waals surface area contributed by atoms with Crippen molar-refractivity contribution in [3.63, 3.8) is 0 Å². The number of fused-ring (bicyclic) bond motifs is 1. The van der Waals surface area contributed by atoms with E-state index in [1.807, 2.05) is 60.5 Å². The Labute approximate surface area is 235 Å². The van der Waals surface area contributed by atoms with Gasteiger partial charge in [0.05, 0.1) is 18.8 Å². The predicted octanol–water partition coefficient (Wildman–Crippen LogP) is 3.89. The Hall–Kier alpha value is -3.76. The lowest BCUT2D eigenvalue weighted by atomic mass is 9.86. The average molecular weight is 544 g/mol. The minimum absolute atomic E-state index is 0.0216. The predicted molar refractivity (Wildman–Crippen MR) is 155 cm³/mol. The van der Waals surface area contributed by atoms with Crippen LogP contribution in [0.25, 0.3) is 0 Å². The molecule has 4 heterocycles. The molecule has 0 spiro atoms. The van der Waals surface area contributed by atoms with Crippen LogP contribution in [0.5, 0.6) is 0 Å². The molecule has 0 saturated carbocycles. The number of hydrazine groups is 1. The minimum Gasteiger partial charge on any atom is -0.348 e. The van der Waals surface area contributed by atoms with Gasteiger partial charge in [0, 0.05) is 30.3 Å². The highest BCUT2D eigenvalue weighted by Crippen LogP contribution is 2.32. The molecule has 2 aromatic carbocycles.